The fourth-order valence-corrected chi connectivity index (χ4v) is 2.07. The number of anilines is 1. The Morgan fingerprint density at radius 1 is 1.11 bits per heavy atom. The van der Waals surface area contributed by atoms with Gasteiger partial charge in [-0.2, -0.15) is 0 Å². The number of aliphatic hydroxyl groups excluding tert-OH is 1. The predicted octanol–water partition coefficient (Wildman–Crippen LogP) is 4.28. The third-order valence-electron chi connectivity index (χ3n) is 2.72. The van der Waals surface area contributed by atoms with Crippen molar-refractivity contribution in [1.29, 1.82) is 0 Å². The van der Waals surface area contributed by atoms with Crippen molar-refractivity contribution in [2.45, 2.75) is 6.04 Å². The molecule has 2 rings (SSSR count). The normalized spacial score (nSPS) is 12.2. The first kappa shape index (κ1) is 14.1. The maximum absolute atomic E-state index is 13.9. The Balaban J connectivity index is 2.25. The average molecular weight is 300 g/mol. The van der Waals surface area contributed by atoms with Crippen LogP contribution >= 0.6 is 23.2 Å². The van der Waals surface area contributed by atoms with Crippen LogP contribution in [0.25, 0.3) is 0 Å². The smallest absolute Gasteiger partial charge is 0.147 e. The molecule has 0 spiro atoms. The van der Waals surface area contributed by atoms with E-state index < -0.39 is 11.9 Å². The van der Waals surface area contributed by atoms with Crippen LogP contribution in [0.4, 0.5) is 10.1 Å². The van der Waals surface area contributed by atoms with Crippen LogP contribution in [0.2, 0.25) is 10.0 Å². The zero-order chi connectivity index (χ0) is 13.8. The van der Waals surface area contributed by atoms with Crippen molar-refractivity contribution in [1.82, 2.24) is 0 Å². The molecule has 5 heteroatoms. The molecular weight excluding hydrogens is 288 g/mol. The highest BCUT2D eigenvalue weighted by Gasteiger charge is 2.16. The third-order valence-corrected chi connectivity index (χ3v) is 3.27. The van der Waals surface area contributed by atoms with Crippen LogP contribution in [-0.2, 0) is 0 Å². The predicted molar refractivity (Wildman–Crippen MR) is 76.3 cm³/mol. The number of hydrogen-bond donors (Lipinski definition) is 2. The van der Waals surface area contributed by atoms with E-state index in [-0.39, 0.29) is 11.6 Å². The zero-order valence-corrected chi connectivity index (χ0v) is 11.4. The Hall–Kier alpha value is -1.29. The van der Waals surface area contributed by atoms with Gasteiger partial charge in [0.05, 0.1) is 17.7 Å². The maximum atomic E-state index is 13.9. The van der Waals surface area contributed by atoms with Gasteiger partial charge < -0.3 is 10.4 Å². The van der Waals surface area contributed by atoms with Crippen molar-refractivity contribution in [2.24, 2.45) is 0 Å². The van der Waals surface area contributed by atoms with Gasteiger partial charge in [0, 0.05) is 16.3 Å². The summed E-state index contributed by atoms with van der Waals surface area (Å²) in [4.78, 5) is 0. The second-order valence-corrected chi connectivity index (χ2v) is 4.87. The Labute approximate surface area is 120 Å². The minimum absolute atomic E-state index is 0.0360. The van der Waals surface area contributed by atoms with Gasteiger partial charge in [-0.3, -0.25) is 0 Å². The van der Waals surface area contributed by atoms with Gasteiger partial charge in [-0.05, 0) is 30.3 Å². The van der Waals surface area contributed by atoms with Gasteiger partial charge in [0.15, 0.2) is 0 Å². The van der Waals surface area contributed by atoms with Crippen LogP contribution in [0.1, 0.15) is 11.6 Å². The molecule has 0 aliphatic rings. The van der Waals surface area contributed by atoms with Crippen molar-refractivity contribution >= 4 is 28.9 Å². The molecule has 0 heterocycles. The summed E-state index contributed by atoms with van der Waals surface area (Å²) < 4.78 is 13.9. The van der Waals surface area contributed by atoms with E-state index in [9.17, 15) is 9.50 Å². The number of hydrogen-bond acceptors (Lipinski definition) is 2. The van der Waals surface area contributed by atoms with Crippen LogP contribution in [0, 0.1) is 5.82 Å². The molecule has 0 aliphatic heterocycles. The van der Waals surface area contributed by atoms with E-state index in [0.29, 0.717) is 10.6 Å². The van der Waals surface area contributed by atoms with Gasteiger partial charge in [0.2, 0.25) is 0 Å². The summed E-state index contributed by atoms with van der Waals surface area (Å²) in [6, 6.07) is 11.1. The van der Waals surface area contributed by atoms with E-state index in [2.05, 4.69) is 5.32 Å². The summed E-state index contributed by atoms with van der Waals surface area (Å²) in [5, 5.41) is 13.1. The third kappa shape index (κ3) is 3.38. The SMILES string of the molecule is OCC(Nc1ccc(Cl)cc1)c1cccc(Cl)c1F. The first-order chi connectivity index (χ1) is 9.11. The molecule has 2 nitrogen and oxygen atoms in total. The van der Waals surface area contributed by atoms with Crippen LogP contribution in [0.3, 0.4) is 0 Å². The molecule has 19 heavy (non-hydrogen) atoms. The molecular formula is C14H12Cl2FNO. The van der Waals surface area contributed by atoms with Gasteiger partial charge in [0.25, 0.3) is 0 Å². The van der Waals surface area contributed by atoms with E-state index in [1.54, 1.807) is 36.4 Å². The highest BCUT2D eigenvalue weighted by molar-refractivity contribution is 6.31. The second-order valence-electron chi connectivity index (χ2n) is 4.03. The minimum atomic E-state index is -0.570. The van der Waals surface area contributed by atoms with Gasteiger partial charge in [0.1, 0.15) is 5.82 Å². The van der Waals surface area contributed by atoms with Crippen molar-refractivity contribution in [2.75, 3.05) is 11.9 Å². The summed E-state index contributed by atoms with van der Waals surface area (Å²) in [5.74, 6) is -0.523. The molecule has 2 N–H and O–H groups in total. The molecule has 100 valence electrons. The number of rotatable bonds is 4. The number of nitrogens with one attached hydrogen (secondary N) is 1. The zero-order valence-electron chi connectivity index (χ0n) is 9.91. The number of benzene rings is 2. The lowest BCUT2D eigenvalue weighted by Crippen LogP contribution is -2.16. The molecule has 2 aromatic carbocycles. The first-order valence-corrected chi connectivity index (χ1v) is 6.44. The minimum Gasteiger partial charge on any atom is -0.394 e. The summed E-state index contributed by atoms with van der Waals surface area (Å²) in [7, 11) is 0. The van der Waals surface area contributed by atoms with E-state index >= 15 is 0 Å². The van der Waals surface area contributed by atoms with Gasteiger partial charge >= 0.3 is 0 Å². The number of aliphatic hydroxyl groups is 1. The lowest BCUT2D eigenvalue weighted by molar-refractivity contribution is 0.274. The Bertz CT molecular complexity index is 560. The first-order valence-electron chi connectivity index (χ1n) is 5.68. The van der Waals surface area contributed by atoms with Crippen LogP contribution in [-0.4, -0.2) is 11.7 Å². The van der Waals surface area contributed by atoms with Crippen molar-refractivity contribution in [3.8, 4) is 0 Å². The quantitative estimate of drug-likeness (QED) is 0.883. The van der Waals surface area contributed by atoms with Gasteiger partial charge in [-0.25, -0.2) is 4.39 Å². The highest BCUT2D eigenvalue weighted by Crippen LogP contribution is 2.26. The van der Waals surface area contributed by atoms with Crippen LogP contribution < -0.4 is 5.32 Å². The topological polar surface area (TPSA) is 32.3 Å². The van der Waals surface area contributed by atoms with Crippen molar-refractivity contribution in [3.05, 3.63) is 63.9 Å². The summed E-state index contributed by atoms with van der Waals surface area (Å²) in [6.07, 6.45) is 0. The lowest BCUT2D eigenvalue weighted by Gasteiger charge is -2.19. The molecule has 2 aromatic rings. The largest absolute Gasteiger partial charge is 0.394 e. The summed E-state index contributed by atoms with van der Waals surface area (Å²) in [5.41, 5.74) is 1.06. The average Bonchev–Trinajstić information content (AvgIpc) is 2.42. The van der Waals surface area contributed by atoms with Crippen molar-refractivity contribution < 1.29 is 9.50 Å². The van der Waals surface area contributed by atoms with E-state index in [1.165, 1.54) is 6.07 Å². The molecule has 0 saturated carbocycles. The van der Waals surface area contributed by atoms with Gasteiger partial charge in [-0.1, -0.05) is 35.3 Å². The lowest BCUT2D eigenvalue weighted by atomic mass is 10.1. The van der Waals surface area contributed by atoms with Gasteiger partial charge in [-0.15, -0.1) is 0 Å². The fourth-order valence-electron chi connectivity index (χ4n) is 1.76. The molecule has 0 amide bonds. The Kier molecular flexibility index (Phi) is 4.64. The molecule has 1 atom stereocenters. The van der Waals surface area contributed by atoms with Crippen LogP contribution in [0.15, 0.2) is 42.5 Å². The monoisotopic (exact) mass is 299 g/mol. The molecule has 0 saturated heterocycles. The Morgan fingerprint density at radius 2 is 1.79 bits per heavy atom. The molecule has 0 aromatic heterocycles. The summed E-state index contributed by atoms with van der Waals surface area (Å²) in [6.45, 7) is -0.250. The van der Waals surface area contributed by atoms with E-state index in [4.69, 9.17) is 23.2 Å². The molecule has 0 radical (unpaired) electrons. The molecule has 1 unspecified atom stereocenters. The second kappa shape index (κ2) is 6.24. The maximum Gasteiger partial charge on any atom is 0.147 e. The van der Waals surface area contributed by atoms with E-state index in [1.807, 2.05) is 0 Å². The van der Waals surface area contributed by atoms with E-state index in [0.717, 1.165) is 5.69 Å². The Morgan fingerprint density at radius 3 is 2.42 bits per heavy atom. The van der Waals surface area contributed by atoms with Crippen molar-refractivity contribution in [3.63, 3.8) is 0 Å². The number of halogens is 3. The standard InChI is InChI=1S/C14H12Cl2FNO/c15-9-4-6-10(7-5-9)18-13(8-19)11-2-1-3-12(16)14(11)17/h1-7,13,18-19H,8H2. The molecule has 0 fully saturated rings. The summed E-state index contributed by atoms with van der Waals surface area (Å²) >= 11 is 11.5. The molecule has 0 bridgehead atoms. The molecule has 0 aliphatic carbocycles. The van der Waals surface area contributed by atoms with Crippen LogP contribution in [0.5, 0.6) is 0 Å². The highest BCUT2D eigenvalue weighted by atomic mass is 35.5. The fraction of sp³-hybridized carbons (Fsp3) is 0.143.